The van der Waals surface area contributed by atoms with Crippen LogP contribution in [0, 0.1) is 27.7 Å². The van der Waals surface area contributed by atoms with Gasteiger partial charge in [0.1, 0.15) is 10.9 Å². The lowest BCUT2D eigenvalue weighted by Crippen LogP contribution is -2.44. The first-order valence-corrected chi connectivity index (χ1v) is 11.3. The van der Waals surface area contributed by atoms with Crippen LogP contribution in [-0.2, 0) is 9.53 Å². The molecule has 1 N–H and O–H groups in total. The first-order chi connectivity index (χ1) is 15.3. The molecule has 6 nitrogen and oxygen atoms in total. The van der Waals surface area contributed by atoms with Crippen LogP contribution in [0.2, 0.25) is 0 Å². The van der Waals surface area contributed by atoms with Crippen molar-refractivity contribution in [3.05, 3.63) is 80.8 Å². The van der Waals surface area contributed by atoms with E-state index in [1.807, 2.05) is 76.2 Å². The summed E-state index contributed by atoms with van der Waals surface area (Å²) >= 11 is 1.35. The molecule has 0 radical (unpaired) electrons. The number of thiazole rings is 1. The molecule has 168 valence electrons. The van der Waals surface area contributed by atoms with Gasteiger partial charge in [-0.15, -0.1) is 11.3 Å². The van der Waals surface area contributed by atoms with Gasteiger partial charge >= 0.3 is 0 Å². The van der Waals surface area contributed by atoms with Gasteiger partial charge in [0.2, 0.25) is 5.91 Å². The molecular formula is C25H29N3O3S. The molecule has 2 aromatic carbocycles. The van der Waals surface area contributed by atoms with Gasteiger partial charge < -0.3 is 10.1 Å². The van der Waals surface area contributed by atoms with Gasteiger partial charge in [-0.25, -0.2) is 4.98 Å². The number of carbonyl (C=O) groups excluding carboxylic acids is 2. The highest BCUT2D eigenvalue weighted by Gasteiger charge is 2.35. The van der Waals surface area contributed by atoms with Crippen LogP contribution in [0.1, 0.15) is 43.1 Å². The zero-order valence-electron chi connectivity index (χ0n) is 19.1. The SMILES string of the molecule is COCCNC(=O)C(c1ccccc1)N(C(=O)c1sc(C)nc1C)c1cc(C)cc(C)c1. The first kappa shape index (κ1) is 23.6. The largest absolute Gasteiger partial charge is 0.383 e. The number of methoxy groups -OCH3 is 1. The lowest BCUT2D eigenvalue weighted by atomic mass is 10.0. The fraction of sp³-hybridized carbons (Fsp3) is 0.320. The number of amides is 2. The summed E-state index contributed by atoms with van der Waals surface area (Å²) in [6.07, 6.45) is 0. The van der Waals surface area contributed by atoms with Gasteiger partial charge in [0.05, 0.1) is 17.3 Å². The molecule has 7 heteroatoms. The van der Waals surface area contributed by atoms with Gasteiger partial charge in [0.25, 0.3) is 5.91 Å². The molecule has 1 atom stereocenters. The summed E-state index contributed by atoms with van der Waals surface area (Å²) in [6, 6.07) is 14.5. The molecular weight excluding hydrogens is 422 g/mol. The fourth-order valence-corrected chi connectivity index (χ4v) is 4.60. The fourth-order valence-electron chi connectivity index (χ4n) is 3.74. The zero-order chi connectivity index (χ0) is 23.3. The van der Waals surface area contributed by atoms with Crippen molar-refractivity contribution < 1.29 is 14.3 Å². The summed E-state index contributed by atoms with van der Waals surface area (Å²) in [5.41, 5.74) is 4.10. The van der Waals surface area contributed by atoms with Gasteiger partial charge in [0.15, 0.2) is 0 Å². The summed E-state index contributed by atoms with van der Waals surface area (Å²) in [4.78, 5) is 34.0. The molecule has 0 aliphatic heterocycles. The van der Waals surface area contributed by atoms with Gasteiger partial charge in [-0.3, -0.25) is 14.5 Å². The van der Waals surface area contributed by atoms with E-state index in [4.69, 9.17) is 4.74 Å². The minimum absolute atomic E-state index is 0.242. The Kier molecular flexibility index (Phi) is 7.77. The van der Waals surface area contributed by atoms with Gasteiger partial charge in [-0.05, 0) is 56.5 Å². The highest BCUT2D eigenvalue weighted by Crippen LogP contribution is 2.33. The smallest absolute Gasteiger partial charge is 0.271 e. The van der Waals surface area contributed by atoms with Gasteiger partial charge in [0, 0.05) is 19.3 Å². The molecule has 1 unspecified atom stereocenters. The van der Waals surface area contributed by atoms with Crippen molar-refractivity contribution >= 4 is 28.8 Å². The molecule has 32 heavy (non-hydrogen) atoms. The second kappa shape index (κ2) is 10.5. The quantitative estimate of drug-likeness (QED) is 0.511. The van der Waals surface area contributed by atoms with Gasteiger partial charge in [-0.2, -0.15) is 0 Å². The maximum absolute atomic E-state index is 13.9. The van der Waals surface area contributed by atoms with Crippen molar-refractivity contribution in [1.82, 2.24) is 10.3 Å². The number of benzene rings is 2. The number of hydrogen-bond donors (Lipinski definition) is 1. The van der Waals surface area contributed by atoms with E-state index in [0.29, 0.717) is 29.4 Å². The molecule has 1 aromatic heterocycles. The molecule has 3 aromatic rings. The topological polar surface area (TPSA) is 71.5 Å². The average Bonchev–Trinajstić information content (AvgIpc) is 3.09. The van der Waals surface area contributed by atoms with Crippen LogP contribution in [0.5, 0.6) is 0 Å². The second-order valence-corrected chi connectivity index (χ2v) is 8.97. The highest BCUT2D eigenvalue weighted by molar-refractivity contribution is 7.13. The molecule has 0 bridgehead atoms. The van der Waals surface area contributed by atoms with Crippen LogP contribution in [0.25, 0.3) is 0 Å². The van der Waals surface area contributed by atoms with E-state index < -0.39 is 6.04 Å². The predicted molar refractivity (Wildman–Crippen MR) is 128 cm³/mol. The molecule has 0 aliphatic carbocycles. The van der Waals surface area contributed by atoms with Gasteiger partial charge in [-0.1, -0.05) is 36.4 Å². The summed E-state index contributed by atoms with van der Waals surface area (Å²) in [6.45, 7) is 8.41. The van der Waals surface area contributed by atoms with Crippen molar-refractivity contribution in [3.8, 4) is 0 Å². The number of nitrogens with zero attached hydrogens (tertiary/aromatic N) is 2. The number of carbonyl (C=O) groups is 2. The molecule has 0 saturated carbocycles. The normalized spacial score (nSPS) is 11.8. The molecule has 1 heterocycles. The number of anilines is 1. The van der Waals surface area contributed by atoms with E-state index in [-0.39, 0.29) is 11.8 Å². The third-order valence-corrected chi connectivity index (χ3v) is 6.09. The van der Waals surface area contributed by atoms with Crippen molar-refractivity contribution in [1.29, 1.82) is 0 Å². The first-order valence-electron chi connectivity index (χ1n) is 10.5. The second-order valence-electron chi connectivity index (χ2n) is 7.77. The summed E-state index contributed by atoms with van der Waals surface area (Å²) < 4.78 is 5.09. The Morgan fingerprint density at radius 3 is 2.28 bits per heavy atom. The van der Waals surface area contributed by atoms with Crippen LogP contribution in [0.4, 0.5) is 5.69 Å². The van der Waals surface area contributed by atoms with Crippen LogP contribution in [0.3, 0.4) is 0 Å². The van der Waals surface area contributed by atoms with Crippen LogP contribution in [0.15, 0.2) is 48.5 Å². The lowest BCUT2D eigenvalue weighted by Gasteiger charge is -2.32. The average molecular weight is 452 g/mol. The van der Waals surface area contributed by atoms with Crippen molar-refractivity contribution in [3.63, 3.8) is 0 Å². The van der Waals surface area contributed by atoms with E-state index in [0.717, 1.165) is 21.7 Å². The predicted octanol–water partition coefficient (Wildman–Crippen LogP) is 4.53. The Balaban J connectivity index is 2.17. The van der Waals surface area contributed by atoms with Crippen molar-refractivity contribution in [2.75, 3.05) is 25.2 Å². The Morgan fingerprint density at radius 2 is 1.72 bits per heavy atom. The Morgan fingerprint density at radius 1 is 1.06 bits per heavy atom. The van der Waals surface area contributed by atoms with Crippen molar-refractivity contribution in [2.45, 2.75) is 33.7 Å². The Hall–Kier alpha value is -3.03. The zero-order valence-corrected chi connectivity index (χ0v) is 20.0. The summed E-state index contributed by atoms with van der Waals surface area (Å²) in [5.74, 6) is -0.506. The summed E-state index contributed by atoms with van der Waals surface area (Å²) in [5, 5.41) is 3.73. The minimum atomic E-state index is -0.844. The lowest BCUT2D eigenvalue weighted by molar-refractivity contribution is -0.122. The minimum Gasteiger partial charge on any atom is -0.383 e. The number of nitrogens with one attached hydrogen (secondary N) is 1. The number of ether oxygens (including phenoxy) is 1. The third-order valence-electron chi connectivity index (χ3n) is 5.03. The maximum atomic E-state index is 13.9. The molecule has 3 rings (SSSR count). The van der Waals surface area contributed by atoms with Crippen LogP contribution >= 0.6 is 11.3 Å². The molecule has 2 amide bonds. The number of hydrogen-bond acceptors (Lipinski definition) is 5. The van der Waals surface area contributed by atoms with E-state index >= 15 is 0 Å². The van der Waals surface area contributed by atoms with Crippen LogP contribution in [-0.4, -0.2) is 37.1 Å². The van der Waals surface area contributed by atoms with Crippen molar-refractivity contribution in [2.24, 2.45) is 0 Å². The summed E-state index contributed by atoms with van der Waals surface area (Å²) in [7, 11) is 1.58. The molecule has 0 saturated heterocycles. The number of aromatic nitrogens is 1. The van der Waals surface area contributed by atoms with E-state index in [1.54, 1.807) is 12.0 Å². The monoisotopic (exact) mass is 451 g/mol. The molecule has 0 fully saturated rings. The Labute approximate surface area is 193 Å². The standard InChI is InChI=1S/C25H29N3O3S/c1-16-13-17(2)15-21(14-16)28(25(30)23-18(3)27-19(4)32-23)22(20-9-7-6-8-10-20)24(29)26-11-12-31-5/h6-10,13-15,22H,11-12H2,1-5H3,(H,26,29). The van der Waals surface area contributed by atoms with E-state index in [2.05, 4.69) is 10.3 Å². The van der Waals surface area contributed by atoms with Crippen LogP contribution < -0.4 is 10.2 Å². The number of aryl methyl sites for hydroxylation is 4. The highest BCUT2D eigenvalue weighted by atomic mass is 32.1. The van der Waals surface area contributed by atoms with E-state index in [9.17, 15) is 9.59 Å². The number of rotatable bonds is 8. The molecule has 0 spiro atoms. The maximum Gasteiger partial charge on any atom is 0.271 e. The molecule has 0 aliphatic rings. The Bertz CT molecular complexity index is 1070. The van der Waals surface area contributed by atoms with E-state index in [1.165, 1.54) is 11.3 Å². The third kappa shape index (κ3) is 5.41.